The molecule has 92 valence electrons. The van der Waals surface area contributed by atoms with E-state index < -0.39 is 11.6 Å². The second kappa shape index (κ2) is 5.96. The summed E-state index contributed by atoms with van der Waals surface area (Å²) in [6, 6.07) is 13.5. The topological polar surface area (TPSA) is 12.0 Å². The summed E-state index contributed by atoms with van der Waals surface area (Å²) in [7, 11) is 0. The van der Waals surface area contributed by atoms with Gasteiger partial charge in [-0.05, 0) is 17.7 Å². The lowest BCUT2D eigenvalue weighted by Gasteiger charge is -2.05. The van der Waals surface area contributed by atoms with Crippen LogP contribution in [0.4, 0.5) is 14.5 Å². The molecule has 0 aromatic heterocycles. The van der Waals surface area contributed by atoms with Crippen molar-refractivity contribution < 1.29 is 8.78 Å². The van der Waals surface area contributed by atoms with E-state index in [-0.39, 0.29) is 5.69 Å². The monoisotopic (exact) mass is 245 g/mol. The second-order valence-corrected chi connectivity index (χ2v) is 3.79. The minimum atomic E-state index is -0.580. The number of halogens is 2. The van der Waals surface area contributed by atoms with Gasteiger partial charge in [-0.2, -0.15) is 0 Å². The molecule has 0 atom stereocenters. The van der Waals surface area contributed by atoms with Crippen LogP contribution < -0.4 is 5.32 Å². The number of anilines is 1. The van der Waals surface area contributed by atoms with Gasteiger partial charge in [0.2, 0.25) is 0 Å². The lowest BCUT2D eigenvalue weighted by atomic mass is 10.2. The van der Waals surface area contributed by atoms with Gasteiger partial charge >= 0.3 is 0 Å². The quantitative estimate of drug-likeness (QED) is 0.855. The zero-order valence-electron chi connectivity index (χ0n) is 9.74. The van der Waals surface area contributed by atoms with E-state index in [4.69, 9.17) is 0 Å². The van der Waals surface area contributed by atoms with Crippen LogP contribution in [0.1, 0.15) is 5.56 Å². The van der Waals surface area contributed by atoms with Gasteiger partial charge in [-0.15, -0.1) is 0 Å². The SMILES string of the molecule is Fc1cccc(F)c1NCC=Cc1ccccc1. The first-order valence-corrected chi connectivity index (χ1v) is 5.67. The minimum Gasteiger partial charge on any atom is -0.377 e. The Labute approximate surface area is 105 Å². The molecule has 18 heavy (non-hydrogen) atoms. The van der Waals surface area contributed by atoms with E-state index in [1.807, 2.05) is 42.5 Å². The molecule has 0 aliphatic heterocycles. The largest absolute Gasteiger partial charge is 0.377 e. The van der Waals surface area contributed by atoms with E-state index in [9.17, 15) is 8.78 Å². The first kappa shape index (κ1) is 12.3. The molecule has 0 saturated carbocycles. The smallest absolute Gasteiger partial charge is 0.149 e. The molecule has 2 rings (SSSR count). The highest BCUT2D eigenvalue weighted by Gasteiger charge is 2.05. The molecule has 3 heteroatoms. The highest BCUT2D eigenvalue weighted by Crippen LogP contribution is 2.17. The van der Waals surface area contributed by atoms with Gasteiger partial charge in [0.15, 0.2) is 0 Å². The normalized spacial score (nSPS) is 10.8. The zero-order valence-corrected chi connectivity index (χ0v) is 9.74. The maximum Gasteiger partial charge on any atom is 0.149 e. The molecule has 2 aromatic rings. The van der Waals surface area contributed by atoms with E-state index in [1.165, 1.54) is 18.2 Å². The predicted octanol–water partition coefficient (Wildman–Crippen LogP) is 4.09. The van der Waals surface area contributed by atoms with Gasteiger partial charge < -0.3 is 5.32 Å². The Hall–Kier alpha value is -2.16. The minimum absolute atomic E-state index is 0.0878. The van der Waals surface area contributed by atoms with Crippen molar-refractivity contribution in [1.29, 1.82) is 0 Å². The summed E-state index contributed by atoms with van der Waals surface area (Å²) in [4.78, 5) is 0. The summed E-state index contributed by atoms with van der Waals surface area (Å²) in [6.45, 7) is 0.368. The summed E-state index contributed by atoms with van der Waals surface area (Å²) >= 11 is 0. The summed E-state index contributed by atoms with van der Waals surface area (Å²) in [5.74, 6) is -1.16. The van der Waals surface area contributed by atoms with Crippen molar-refractivity contribution in [3.8, 4) is 0 Å². The van der Waals surface area contributed by atoms with Crippen molar-refractivity contribution >= 4 is 11.8 Å². The van der Waals surface area contributed by atoms with E-state index in [2.05, 4.69) is 5.32 Å². The predicted molar refractivity (Wildman–Crippen MR) is 70.3 cm³/mol. The molecule has 0 saturated heterocycles. The van der Waals surface area contributed by atoms with E-state index in [1.54, 1.807) is 0 Å². The van der Waals surface area contributed by atoms with Gasteiger partial charge in [-0.25, -0.2) is 8.78 Å². The van der Waals surface area contributed by atoms with Crippen molar-refractivity contribution in [2.45, 2.75) is 0 Å². The summed E-state index contributed by atoms with van der Waals surface area (Å²) < 4.78 is 26.5. The first-order valence-electron chi connectivity index (χ1n) is 5.67. The molecule has 0 radical (unpaired) electrons. The number of nitrogens with one attached hydrogen (secondary N) is 1. The standard InChI is InChI=1S/C15H13F2N/c16-13-9-4-10-14(17)15(13)18-11-5-8-12-6-2-1-3-7-12/h1-10,18H,11H2. The lowest BCUT2D eigenvalue weighted by Crippen LogP contribution is -2.02. The van der Waals surface area contributed by atoms with Crippen molar-refractivity contribution in [1.82, 2.24) is 0 Å². The molecule has 0 aliphatic carbocycles. The molecule has 0 unspecified atom stereocenters. The van der Waals surface area contributed by atoms with Crippen LogP contribution in [0, 0.1) is 11.6 Å². The molecule has 0 spiro atoms. The second-order valence-electron chi connectivity index (χ2n) is 3.79. The Morgan fingerprint density at radius 1 is 0.889 bits per heavy atom. The highest BCUT2D eigenvalue weighted by molar-refractivity contribution is 5.51. The molecule has 2 aromatic carbocycles. The average Bonchev–Trinajstić information content (AvgIpc) is 2.38. The molecule has 1 N–H and O–H groups in total. The Morgan fingerprint density at radius 3 is 2.22 bits per heavy atom. The molecular formula is C15H13F2N. The Bertz CT molecular complexity index is 515. The van der Waals surface area contributed by atoms with Crippen molar-refractivity contribution in [2.24, 2.45) is 0 Å². The summed E-state index contributed by atoms with van der Waals surface area (Å²) in [5, 5.41) is 2.71. The fourth-order valence-electron chi connectivity index (χ4n) is 1.59. The maximum absolute atomic E-state index is 13.3. The molecule has 0 heterocycles. The molecule has 1 nitrogen and oxygen atoms in total. The third kappa shape index (κ3) is 3.17. The van der Waals surface area contributed by atoms with Crippen LogP contribution in [0.15, 0.2) is 54.6 Å². The van der Waals surface area contributed by atoms with Crippen molar-refractivity contribution in [3.05, 3.63) is 71.8 Å². The van der Waals surface area contributed by atoms with Gasteiger partial charge in [0.25, 0.3) is 0 Å². The van der Waals surface area contributed by atoms with Gasteiger partial charge in [-0.3, -0.25) is 0 Å². The number of para-hydroxylation sites is 1. The average molecular weight is 245 g/mol. The Kier molecular flexibility index (Phi) is 4.07. The molecule has 0 fully saturated rings. The Morgan fingerprint density at radius 2 is 1.56 bits per heavy atom. The number of rotatable bonds is 4. The molecule has 0 bridgehead atoms. The third-order valence-electron chi connectivity index (χ3n) is 2.47. The van der Waals surface area contributed by atoms with Crippen LogP contribution in [0.25, 0.3) is 6.08 Å². The summed E-state index contributed by atoms with van der Waals surface area (Å²) in [5.41, 5.74) is 0.962. The summed E-state index contributed by atoms with van der Waals surface area (Å²) in [6.07, 6.45) is 3.72. The number of hydrogen-bond acceptors (Lipinski definition) is 1. The fourth-order valence-corrected chi connectivity index (χ4v) is 1.59. The number of hydrogen-bond donors (Lipinski definition) is 1. The first-order chi connectivity index (χ1) is 8.77. The highest BCUT2D eigenvalue weighted by atomic mass is 19.1. The van der Waals surface area contributed by atoms with E-state index >= 15 is 0 Å². The van der Waals surface area contributed by atoms with E-state index in [0.29, 0.717) is 6.54 Å². The van der Waals surface area contributed by atoms with Gasteiger partial charge in [-0.1, -0.05) is 48.6 Å². The fraction of sp³-hybridized carbons (Fsp3) is 0.0667. The van der Waals surface area contributed by atoms with E-state index in [0.717, 1.165) is 5.56 Å². The van der Waals surface area contributed by atoms with Crippen LogP contribution >= 0.6 is 0 Å². The molecule has 0 amide bonds. The van der Waals surface area contributed by atoms with Crippen molar-refractivity contribution in [3.63, 3.8) is 0 Å². The van der Waals surface area contributed by atoms with Crippen LogP contribution in [-0.4, -0.2) is 6.54 Å². The van der Waals surface area contributed by atoms with Crippen molar-refractivity contribution in [2.75, 3.05) is 11.9 Å². The van der Waals surface area contributed by atoms with Gasteiger partial charge in [0, 0.05) is 6.54 Å². The lowest BCUT2D eigenvalue weighted by molar-refractivity contribution is 0.589. The molecular weight excluding hydrogens is 232 g/mol. The molecule has 0 aliphatic rings. The maximum atomic E-state index is 13.3. The third-order valence-corrected chi connectivity index (χ3v) is 2.47. The van der Waals surface area contributed by atoms with Crippen LogP contribution in [0.5, 0.6) is 0 Å². The van der Waals surface area contributed by atoms with Gasteiger partial charge in [0.1, 0.15) is 17.3 Å². The van der Waals surface area contributed by atoms with Gasteiger partial charge in [0.05, 0.1) is 0 Å². The zero-order chi connectivity index (χ0) is 12.8. The van der Waals surface area contributed by atoms with Crippen LogP contribution in [-0.2, 0) is 0 Å². The van der Waals surface area contributed by atoms with Crippen LogP contribution in [0.2, 0.25) is 0 Å². The van der Waals surface area contributed by atoms with Crippen LogP contribution in [0.3, 0.4) is 0 Å². The number of benzene rings is 2. The Balaban J connectivity index is 1.95.